The molecule has 0 saturated heterocycles. The van der Waals surface area contributed by atoms with Crippen molar-refractivity contribution in [1.29, 1.82) is 0 Å². The average Bonchev–Trinajstić information content (AvgIpc) is 3.02. The van der Waals surface area contributed by atoms with Crippen molar-refractivity contribution in [3.8, 4) is 0 Å². The first-order chi connectivity index (χ1) is 12.0. The van der Waals surface area contributed by atoms with E-state index >= 15 is 0 Å². The summed E-state index contributed by atoms with van der Waals surface area (Å²) in [6.07, 6.45) is 15.9. The van der Waals surface area contributed by atoms with E-state index in [2.05, 4.69) is 50.3 Å². The van der Waals surface area contributed by atoms with E-state index in [4.69, 9.17) is 14.6 Å². The lowest BCUT2D eigenvalue weighted by atomic mass is 9.58. The maximum absolute atomic E-state index is 9.78. The Morgan fingerprint density at radius 1 is 1.16 bits per heavy atom. The first kappa shape index (κ1) is 17.0. The molecule has 134 valence electrons. The molecule has 0 bridgehead atoms. The predicted octanol–water partition coefficient (Wildman–Crippen LogP) is 2.31. The lowest BCUT2D eigenvalue weighted by molar-refractivity contribution is -0.101. The lowest BCUT2D eigenvalue weighted by Gasteiger charge is -2.51. The molecule has 6 atom stereocenters. The Morgan fingerprint density at radius 2 is 1.92 bits per heavy atom. The topological polar surface area (TPSA) is 58.9 Å². The van der Waals surface area contributed by atoms with Crippen molar-refractivity contribution < 1.29 is 19.7 Å². The van der Waals surface area contributed by atoms with Crippen LogP contribution in [-0.4, -0.2) is 47.8 Å². The fraction of sp³-hybridized carbons (Fsp3) is 0.524. The zero-order valence-corrected chi connectivity index (χ0v) is 14.7. The number of rotatable bonds is 4. The molecule has 5 unspecified atom stereocenters. The van der Waals surface area contributed by atoms with Crippen molar-refractivity contribution in [1.82, 2.24) is 0 Å². The van der Waals surface area contributed by atoms with E-state index in [0.29, 0.717) is 5.92 Å². The zero-order chi connectivity index (χ0) is 17.6. The molecule has 4 rings (SSSR count). The van der Waals surface area contributed by atoms with Gasteiger partial charge in [-0.25, -0.2) is 0 Å². The summed E-state index contributed by atoms with van der Waals surface area (Å²) in [6, 6.07) is 0. The minimum atomic E-state index is -0.861. The van der Waals surface area contributed by atoms with E-state index in [1.807, 2.05) is 12.2 Å². The smallest absolute Gasteiger partial charge is 0.102 e. The van der Waals surface area contributed by atoms with Crippen LogP contribution in [-0.2, 0) is 9.47 Å². The van der Waals surface area contributed by atoms with Crippen LogP contribution in [0.3, 0.4) is 0 Å². The molecule has 0 spiro atoms. The second-order valence-corrected chi connectivity index (χ2v) is 7.88. The van der Waals surface area contributed by atoms with Gasteiger partial charge in [-0.2, -0.15) is 0 Å². The van der Waals surface area contributed by atoms with Crippen molar-refractivity contribution in [2.75, 3.05) is 13.2 Å². The summed E-state index contributed by atoms with van der Waals surface area (Å²) in [6.45, 7) is 4.36. The van der Waals surface area contributed by atoms with Crippen LogP contribution >= 0.6 is 0 Å². The Balaban J connectivity index is 1.76. The van der Waals surface area contributed by atoms with E-state index in [1.54, 1.807) is 0 Å². The molecule has 1 saturated carbocycles. The molecule has 4 nitrogen and oxygen atoms in total. The fourth-order valence-corrected chi connectivity index (χ4v) is 4.67. The van der Waals surface area contributed by atoms with Crippen molar-refractivity contribution in [2.45, 2.75) is 38.3 Å². The van der Waals surface area contributed by atoms with Crippen molar-refractivity contribution in [2.24, 2.45) is 17.3 Å². The largest absolute Gasteiger partial charge is 0.394 e. The molecule has 0 aromatic heterocycles. The van der Waals surface area contributed by atoms with Gasteiger partial charge in [-0.3, -0.25) is 0 Å². The molecular weight excluding hydrogens is 316 g/mol. The number of allylic oxidation sites excluding steroid dienone is 5. The summed E-state index contributed by atoms with van der Waals surface area (Å²) < 4.78 is 12.6. The molecule has 1 heterocycles. The van der Waals surface area contributed by atoms with Gasteiger partial charge >= 0.3 is 0 Å². The third-order valence-corrected chi connectivity index (χ3v) is 5.93. The number of aliphatic hydroxyl groups is 2. The highest BCUT2D eigenvalue weighted by Crippen LogP contribution is 2.55. The normalized spacial score (nSPS) is 38.5. The Kier molecular flexibility index (Phi) is 4.32. The van der Waals surface area contributed by atoms with Gasteiger partial charge in [-0.05, 0) is 17.1 Å². The molecule has 0 radical (unpaired) electrons. The van der Waals surface area contributed by atoms with Crippen molar-refractivity contribution >= 4 is 0 Å². The van der Waals surface area contributed by atoms with Crippen LogP contribution in [0.1, 0.15) is 13.8 Å². The minimum Gasteiger partial charge on any atom is -0.394 e. The van der Waals surface area contributed by atoms with E-state index in [-0.39, 0.29) is 42.9 Å². The highest BCUT2D eigenvalue weighted by molar-refractivity contribution is 5.48. The standard InChI is InChI=1S/C21H26O4/c1-21(2)16-9-5-3-7-14(16)19(24-12-13(23)11-22)18-15-8-4-6-10-17(15)25-20(18)21/h3-10,13-14,16-17,19-20,22-23H,11-12H2,1-2H3/t13?,14?,16?,17?,19?,20-/m0/s1. The molecule has 4 aliphatic rings. The second kappa shape index (κ2) is 6.36. The molecule has 25 heavy (non-hydrogen) atoms. The molecule has 3 aliphatic carbocycles. The third kappa shape index (κ3) is 2.68. The second-order valence-electron chi connectivity index (χ2n) is 7.88. The number of aliphatic hydroxyl groups excluding tert-OH is 2. The summed E-state index contributed by atoms with van der Waals surface area (Å²) in [7, 11) is 0. The van der Waals surface area contributed by atoms with Gasteiger partial charge in [0.1, 0.15) is 12.2 Å². The van der Waals surface area contributed by atoms with Crippen molar-refractivity contribution in [3.05, 3.63) is 59.8 Å². The highest BCUT2D eigenvalue weighted by atomic mass is 16.5. The summed E-state index contributed by atoms with van der Waals surface area (Å²) in [5, 5.41) is 18.9. The van der Waals surface area contributed by atoms with Crippen LogP contribution in [0.25, 0.3) is 0 Å². The van der Waals surface area contributed by atoms with Crippen LogP contribution in [0.4, 0.5) is 0 Å². The fourth-order valence-electron chi connectivity index (χ4n) is 4.67. The summed E-state index contributed by atoms with van der Waals surface area (Å²) >= 11 is 0. The van der Waals surface area contributed by atoms with Gasteiger partial charge in [-0.1, -0.05) is 62.5 Å². The monoisotopic (exact) mass is 342 g/mol. The Hall–Kier alpha value is -1.46. The SMILES string of the molecule is CC1(C)C2C=CC=CC2C(OCC(O)CO)C2=C3C=CC=CC3O[C@@H]21. The van der Waals surface area contributed by atoms with E-state index in [9.17, 15) is 5.11 Å². The van der Waals surface area contributed by atoms with Gasteiger partial charge in [-0.15, -0.1) is 0 Å². The van der Waals surface area contributed by atoms with Gasteiger partial charge in [0.15, 0.2) is 0 Å². The molecule has 1 fully saturated rings. The Morgan fingerprint density at radius 3 is 2.72 bits per heavy atom. The van der Waals surface area contributed by atoms with Crippen molar-refractivity contribution in [3.63, 3.8) is 0 Å². The first-order valence-electron chi connectivity index (χ1n) is 9.04. The number of fused-ring (bicyclic) bond motifs is 3. The molecule has 0 aromatic rings. The van der Waals surface area contributed by atoms with Crippen LogP contribution in [0, 0.1) is 17.3 Å². The number of ether oxygens (including phenoxy) is 2. The number of hydrogen-bond donors (Lipinski definition) is 2. The van der Waals surface area contributed by atoms with Gasteiger partial charge in [0.05, 0.1) is 25.4 Å². The maximum atomic E-state index is 9.78. The molecular formula is C21H26O4. The summed E-state index contributed by atoms with van der Waals surface area (Å²) in [4.78, 5) is 0. The summed E-state index contributed by atoms with van der Waals surface area (Å²) in [5.74, 6) is 0.502. The average molecular weight is 342 g/mol. The van der Waals surface area contributed by atoms with Gasteiger partial charge < -0.3 is 19.7 Å². The molecule has 1 aliphatic heterocycles. The third-order valence-electron chi connectivity index (χ3n) is 5.93. The van der Waals surface area contributed by atoms with Gasteiger partial charge in [0.25, 0.3) is 0 Å². The van der Waals surface area contributed by atoms with E-state index < -0.39 is 6.10 Å². The van der Waals surface area contributed by atoms with Crippen LogP contribution in [0.2, 0.25) is 0 Å². The lowest BCUT2D eigenvalue weighted by Crippen LogP contribution is -2.53. The Bertz CT molecular complexity index is 682. The summed E-state index contributed by atoms with van der Waals surface area (Å²) in [5.41, 5.74) is 2.33. The number of hydrogen-bond acceptors (Lipinski definition) is 4. The molecule has 2 N–H and O–H groups in total. The quantitative estimate of drug-likeness (QED) is 0.823. The van der Waals surface area contributed by atoms with E-state index in [1.165, 1.54) is 11.1 Å². The van der Waals surface area contributed by atoms with E-state index in [0.717, 1.165) is 0 Å². The predicted molar refractivity (Wildman–Crippen MR) is 95.8 cm³/mol. The van der Waals surface area contributed by atoms with Crippen LogP contribution in [0.5, 0.6) is 0 Å². The van der Waals surface area contributed by atoms with Gasteiger partial charge in [0.2, 0.25) is 0 Å². The minimum absolute atomic E-state index is 0.0198. The first-order valence-corrected chi connectivity index (χ1v) is 9.04. The Labute approximate surface area is 148 Å². The highest BCUT2D eigenvalue weighted by Gasteiger charge is 2.56. The van der Waals surface area contributed by atoms with Crippen LogP contribution in [0.15, 0.2) is 59.8 Å². The van der Waals surface area contributed by atoms with Gasteiger partial charge in [0, 0.05) is 11.3 Å². The molecule has 0 aromatic carbocycles. The zero-order valence-electron chi connectivity index (χ0n) is 14.7. The maximum Gasteiger partial charge on any atom is 0.102 e. The molecule has 0 amide bonds. The molecule has 4 heteroatoms. The van der Waals surface area contributed by atoms with Crippen LogP contribution < -0.4 is 0 Å².